The Morgan fingerprint density at radius 3 is 2.37 bits per heavy atom. The lowest BCUT2D eigenvalue weighted by atomic mass is 10.1. The van der Waals surface area contributed by atoms with Gasteiger partial charge in [-0.15, -0.1) is 0 Å². The second-order valence-corrected chi connectivity index (χ2v) is 6.99. The van der Waals surface area contributed by atoms with Crippen LogP contribution in [-0.2, 0) is 9.59 Å². The lowest BCUT2D eigenvalue weighted by molar-refractivity contribution is -0.117. The second kappa shape index (κ2) is 7.36. The number of amides is 2. The molecule has 2 amide bonds. The first-order chi connectivity index (χ1) is 14.4. The number of aromatic nitrogens is 1. The number of hydrazine groups is 1. The summed E-state index contributed by atoms with van der Waals surface area (Å²) < 4.78 is 1.89. The van der Waals surface area contributed by atoms with E-state index >= 15 is 0 Å². The molecule has 4 rings (SSSR count). The summed E-state index contributed by atoms with van der Waals surface area (Å²) in [7, 11) is 0. The van der Waals surface area contributed by atoms with Crippen molar-refractivity contribution in [2.45, 2.75) is 13.8 Å². The average molecular weight is 401 g/mol. The molecule has 0 atom stereocenters. The van der Waals surface area contributed by atoms with E-state index in [-0.39, 0.29) is 11.1 Å². The van der Waals surface area contributed by atoms with E-state index in [1.54, 1.807) is 42.5 Å². The summed E-state index contributed by atoms with van der Waals surface area (Å²) in [5, 5.41) is 10.5. The maximum absolute atomic E-state index is 12.8. The van der Waals surface area contributed by atoms with E-state index in [0.29, 0.717) is 16.9 Å². The van der Waals surface area contributed by atoms with Crippen molar-refractivity contribution in [3.8, 4) is 5.69 Å². The minimum absolute atomic E-state index is 0.0402. The van der Waals surface area contributed by atoms with Gasteiger partial charge in [0.05, 0.1) is 11.3 Å². The quantitative estimate of drug-likeness (QED) is 0.519. The number of hydrogen-bond donors (Lipinski definition) is 2. The topological polar surface area (TPSA) is 91.6 Å². The summed E-state index contributed by atoms with van der Waals surface area (Å²) in [5.74, 6) is -1.90. The zero-order valence-electron chi connectivity index (χ0n) is 16.4. The molecule has 1 aliphatic rings. The maximum Gasteiger partial charge on any atom is 0.335 e. The van der Waals surface area contributed by atoms with Crippen molar-refractivity contribution in [2.75, 3.05) is 5.01 Å². The van der Waals surface area contributed by atoms with Gasteiger partial charge in [-0.1, -0.05) is 24.3 Å². The first kappa shape index (κ1) is 19.2. The van der Waals surface area contributed by atoms with Crippen LogP contribution in [0, 0.1) is 13.8 Å². The number of para-hydroxylation sites is 1. The van der Waals surface area contributed by atoms with Crippen LogP contribution >= 0.6 is 0 Å². The zero-order chi connectivity index (χ0) is 21.4. The van der Waals surface area contributed by atoms with Gasteiger partial charge in [0.15, 0.2) is 0 Å². The molecule has 0 spiro atoms. The Hall–Kier alpha value is -4.13. The molecule has 1 aliphatic heterocycles. The Balaban J connectivity index is 1.73. The summed E-state index contributed by atoms with van der Waals surface area (Å²) in [6.07, 6.45) is 1.57. The van der Waals surface area contributed by atoms with Gasteiger partial charge >= 0.3 is 5.97 Å². The highest BCUT2D eigenvalue weighted by Gasteiger charge is 2.34. The number of aryl methyl sites for hydroxylation is 1. The van der Waals surface area contributed by atoms with Crippen molar-refractivity contribution in [1.29, 1.82) is 0 Å². The van der Waals surface area contributed by atoms with Gasteiger partial charge in [-0.05, 0) is 61.9 Å². The number of benzene rings is 2. The highest BCUT2D eigenvalue weighted by atomic mass is 16.4. The molecule has 0 bridgehead atoms. The number of carbonyl (C=O) groups excluding carboxylic acids is 2. The summed E-state index contributed by atoms with van der Waals surface area (Å²) in [4.78, 5) is 36.6. The van der Waals surface area contributed by atoms with Gasteiger partial charge in [0, 0.05) is 17.1 Å². The molecule has 150 valence electrons. The molecule has 0 radical (unpaired) electrons. The van der Waals surface area contributed by atoms with Crippen molar-refractivity contribution in [3.05, 3.63) is 88.8 Å². The van der Waals surface area contributed by atoms with Crippen molar-refractivity contribution < 1.29 is 19.5 Å². The number of anilines is 1. The van der Waals surface area contributed by atoms with Gasteiger partial charge in [-0.25, -0.2) is 9.80 Å². The number of rotatable bonds is 4. The van der Waals surface area contributed by atoms with E-state index in [1.165, 1.54) is 11.1 Å². The van der Waals surface area contributed by atoms with Crippen molar-refractivity contribution >= 4 is 29.5 Å². The van der Waals surface area contributed by atoms with Gasteiger partial charge in [0.25, 0.3) is 11.8 Å². The maximum atomic E-state index is 12.8. The number of hydrogen-bond acceptors (Lipinski definition) is 3. The fourth-order valence-electron chi connectivity index (χ4n) is 3.58. The minimum Gasteiger partial charge on any atom is -0.478 e. The molecule has 2 N–H and O–H groups in total. The van der Waals surface area contributed by atoms with Crippen molar-refractivity contribution in [2.24, 2.45) is 0 Å². The molecule has 3 aromatic rings. The van der Waals surface area contributed by atoms with Gasteiger partial charge < -0.3 is 9.67 Å². The highest BCUT2D eigenvalue weighted by Crippen LogP contribution is 2.26. The van der Waals surface area contributed by atoms with Gasteiger partial charge in [-0.3, -0.25) is 15.0 Å². The standard InChI is InChI=1S/C23H19N3O4/c1-14-11-17(15(2)25(14)19-10-6-7-16(12-19)23(29)30)13-20-21(27)24-26(22(20)28)18-8-4-3-5-9-18/h3-13H,1-2H3,(H,24,27)(H,29,30)/b20-13-. The largest absolute Gasteiger partial charge is 0.478 e. The van der Waals surface area contributed by atoms with Crippen LogP contribution in [0.2, 0.25) is 0 Å². The number of nitrogens with one attached hydrogen (secondary N) is 1. The van der Waals surface area contributed by atoms with Crippen molar-refractivity contribution in [1.82, 2.24) is 9.99 Å². The zero-order valence-corrected chi connectivity index (χ0v) is 16.4. The third-order valence-corrected chi connectivity index (χ3v) is 5.03. The third kappa shape index (κ3) is 3.26. The Morgan fingerprint density at radius 2 is 1.67 bits per heavy atom. The van der Waals surface area contributed by atoms with Crippen molar-refractivity contribution in [3.63, 3.8) is 0 Å². The van der Waals surface area contributed by atoms with Crippen LogP contribution in [-0.4, -0.2) is 27.5 Å². The molecule has 1 saturated heterocycles. The molecule has 0 unspecified atom stereocenters. The summed E-state index contributed by atoms with van der Waals surface area (Å²) in [5.41, 5.74) is 6.44. The van der Waals surface area contributed by atoms with Crippen LogP contribution in [0.4, 0.5) is 5.69 Å². The monoisotopic (exact) mass is 401 g/mol. The van der Waals surface area contributed by atoms with E-state index in [0.717, 1.165) is 11.4 Å². The van der Waals surface area contributed by atoms with E-state index in [4.69, 9.17) is 0 Å². The smallest absolute Gasteiger partial charge is 0.335 e. The third-order valence-electron chi connectivity index (χ3n) is 5.03. The molecule has 0 aliphatic carbocycles. The fourth-order valence-corrected chi connectivity index (χ4v) is 3.58. The van der Waals surface area contributed by atoms with E-state index < -0.39 is 17.8 Å². The number of carbonyl (C=O) groups is 3. The SMILES string of the molecule is Cc1cc(/C=C2/C(=O)NN(c3ccccc3)C2=O)c(C)n1-c1cccc(C(=O)O)c1. The van der Waals surface area contributed by atoms with Crippen LogP contribution < -0.4 is 10.4 Å². The molecule has 7 heteroatoms. The molecule has 30 heavy (non-hydrogen) atoms. The van der Waals surface area contributed by atoms with Crippen LogP contribution in [0.5, 0.6) is 0 Å². The fraction of sp³-hybridized carbons (Fsp3) is 0.0870. The predicted octanol–water partition coefficient (Wildman–Crippen LogP) is 3.25. The molecular weight excluding hydrogens is 382 g/mol. The Kier molecular flexibility index (Phi) is 4.71. The molecule has 1 aromatic heterocycles. The first-order valence-electron chi connectivity index (χ1n) is 9.31. The lowest BCUT2D eigenvalue weighted by Gasteiger charge is -2.13. The highest BCUT2D eigenvalue weighted by molar-refractivity contribution is 6.31. The minimum atomic E-state index is -1.00. The van der Waals surface area contributed by atoms with Crippen LogP contribution in [0.15, 0.2) is 66.2 Å². The molecule has 2 heterocycles. The van der Waals surface area contributed by atoms with E-state index in [1.807, 2.05) is 36.6 Å². The molecule has 2 aromatic carbocycles. The lowest BCUT2D eigenvalue weighted by Crippen LogP contribution is -2.35. The van der Waals surface area contributed by atoms with E-state index in [9.17, 15) is 19.5 Å². The van der Waals surface area contributed by atoms with Gasteiger partial charge in [-0.2, -0.15) is 0 Å². The number of carboxylic acids is 1. The van der Waals surface area contributed by atoms with Gasteiger partial charge in [0.1, 0.15) is 5.57 Å². The average Bonchev–Trinajstić information content (AvgIpc) is 3.18. The molecule has 0 saturated carbocycles. The molecule has 1 fully saturated rings. The number of carboxylic acid groups (broad SMARTS) is 1. The molecular formula is C23H19N3O4. The van der Waals surface area contributed by atoms with Gasteiger partial charge in [0.2, 0.25) is 0 Å². The van der Waals surface area contributed by atoms with Crippen LogP contribution in [0.3, 0.4) is 0 Å². The number of nitrogens with zero attached hydrogens (tertiary/aromatic N) is 2. The number of aromatic carboxylic acids is 1. The Labute approximate surface area is 172 Å². The second-order valence-electron chi connectivity index (χ2n) is 6.99. The summed E-state index contributed by atoms with van der Waals surface area (Å²) in [6, 6.07) is 17.4. The van der Waals surface area contributed by atoms with Crippen LogP contribution in [0.25, 0.3) is 11.8 Å². The predicted molar refractivity (Wildman–Crippen MR) is 112 cm³/mol. The van der Waals surface area contributed by atoms with Crippen LogP contribution in [0.1, 0.15) is 27.3 Å². The summed E-state index contributed by atoms with van der Waals surface area (Å²) >= 11 is 0. The Bertz CT molecular complexity index is 1210. The summed E-state index contributed by atoms with van der Waals surface area (Å²) in [6.45, 7) is 3.74. The molecule has 7 nitrogen and oxygen atoms in total. The first-order valence-corrected chi connectivity index (χ1v) is 9.31. The Morgan fingerprint density at radius 1 is 0.967 bits per heavy atom. The van der Waals surface area contributed by atoms with E-state index in [2.05, 4.69) is 5.43 Å². The normalized spacial score (nSPS) is 15.0.